The molecule has 3 aliphatic rings. The van der Waals surface area contributed by atoms with Crippen molar-refractivity contribution in [2.24, 2.45) is 22.0 Å². The Morgan fingerprint density at radius 3 is 2.63 bits per heavy atom. The van der Waals surface area contributed by atoms with Gasteiger partial charge in [0, 0.05) is 24.7 Å². The summed E-state index contributed by atoms with van der Waals surface area (Å²) in [5.74, 6) is 1.13. The number of amidine groups is 1. The van der Waals surface area contributed by atoms with Crippen molar-refractivity contribution < 1.29 is 13.2 Å². The van der Waals surface area contributed by atoms with Crippen molar-refractivity contribution in [3.05, 3.63) is 29.8 Å². The van der Waals surface area contributed by atoms with Gasteiger partial charge in [-0.05, 0) is 49.7 Å². The molecule has 146 valence electrons. The second-order valence-electron chi connectivity index (χ2n) is 8.02. The van der Waals surface area contributed by atoms with Crippen molar-refractivity contribution in [1.29, 1.82) is 0 Å². The van der Waals surface area contributed by atoms with Gasteiger partial charge in [-0.2, -0.15) is 8.42 Å². The van der Waals surface area contributed by atoms with Gasteiger partial charge in [0.1, 0.15) is 4.90 Å². The minimum Gasteiger partial charge on any atom is -0.351 e. The van der Waals surface area contributed by atoms with Gasteiger partial charge in [0.25, 0.3) is 10.0 Å². The van der Waals surface area contributed by atoms with E-state index in [4.69, 9.17) is 5.73 Å². The van der Waals surface area contributed by atoms with Crippen LogP contribution in [0.3, 0.4) is 0 Å². The van der Waals surface area contributed by atoms with Crippen LogP contribution in [0.1, 0.15) is 37.7 Å². The lowest BCUT2D eigenvalue weighted by Crippen LogP contribution is -2.55. The molecule has 3 N–H and O–H groups in total. The summed E-state index contributed by atoms with van der Waals surface area (Å²) < 4.78 is 28.3. The van der Waals surface area contributed by atoms with Crippen LogP contribution < -0.4 is 11.1 Å². The largest absolute Gasteiger partial charge is 0.351 e. The van der Waals surface area contributed by atoms with Crippen LogP contribution in [0.4, 0.5) is 0 Å². The molecule has 1 aliphatic heterocycles. The van der Waals surface area contributed by atoms with Gasteiger partial charge < -0.3 is 16.0 Å². The second-order valence-corrected chi connectivity index (χ2v) is 9.59. The van der Waals surface area contributed by atoms with Gasteiger partial charge in [0.2, 0.25) is 5.91 Å². The maximum absolute atomic E-state index is 12.7. The number of carbonyl (C=O) groups excluding carboxylic acids is 1. The van der Waals surface area contributed by atoms with Crippen molar-refractivity contribution >= 4 is 21.8 Å². The molecule has 2 bridgehead atoms. The number of nitrogens with two attached hydrogens (primary N) is 1. The van der Waals surface area contributed by atoms with Crippen LogP contribution in [0, 0.1) is 11.8 Å². The van der Waals surface area contributed by atoms with E-state index in [1.807, 2.05) is 0 Å². The summed E-state index contributed by atoms with van der Waals surface area (Å²) in [7, 11) is -1.98. The number of amides is 1. The molecule has 1 amide bonds. The summed E-state index contributed by atoms with van der Waals surface area (Å²) in [4.78, 5) is 14.5. The van der Waals surface area contributed by atoms with Gasteiger partial charge in [-0.25, -0.2) is 0 Å². The van der Waals surface area contributed by atoms with Gasteiger partial charge in [-0.15, -0.1) is 4.40 Å². The maximum atomic E-state index is 12.7. The number of benzene rings is 1. The lowest BCUT2D eigenvalue weighted by atomic mass is 9.67. The highest BCUT2D eigenvalue weighted by Crippen LogP contribution is 2.39. The first-order chi connectivity index (χ1) is 12.8. The van der Waals surface area contributed by atoms with Crippen molar-refractivity contribution in [2.75, 3.05) is 13.6 Å². The van der Waals surface area contributed by atoms with Crippen LogP contribution in [0.2, 0.25) is 0 Å². The van der Waals surface area contributed by atoms with Crippen molar-refractivity contribution in [2.45, 2.75) is 49.1 Å². The Kier molecular flexibility index (Phi) is 4.71. The molecule has 0 radical (unpaired) electrons. The molecule has 1 heterocycles. The van der Waals surface area contributed by atoms with Crippen LogP contribution in [0.25, 0.3) is 0 Å². The van der Waals surface area contributed by atoms with E-state index < -0.39 is 10.0 Å². The third-order valence-electron chi connectivity index (χ3n) is 6.06. The molecule has 2 unspecified atom stereocenters. The number of carbonyl (C=O) groups is 1. The molecule has 2 aliphatic carbocycles. The van der Waals surface area contributed by atoms with Crippen molar-refractivity contribution in [3.63, 3.8) is 0 Å². The number of hydrogen-bond donors (Lipinski definition) is 2. The van der Waals surface area contributed by atoms with Gasteiger partial charge in [-0.1, -0.05) is 18.6 Å². The molecule has 1 aromatic rings. The molecule has 0 aromatic heterocycles. The fourth-order valence-corrected chi connectivity index (χ4v) is 6.16. The van der Waals surface area contributed by atoms with E-state index in [9.17, 15) is 13.2 Å². The van der Waals surface area contributed by atoms with Crippen LogP contribution in [0.5, 0.6) is 0 Å². The molecule has 2 fully saturated rings. The zero-order valence-corrected chi connectivity index (χ0v) is 16.3. The molecule has 0 spiro atoms. The number of likely N-dealkylation sites (N-methyl/N-ethyl adjacent to an activating group) is 1. The molecule has 1 aromatic carbocycles. The SMILES string of the molecule is CN(CC(=O)NC1C2CCCC1CC(N)C2)C1=NS(=O)(=O)c2ccccc21. The lowest BCUT2D eigenvalue weighted by molar-refractivity contribution is -0.123. The molecular formula is C19H26N4O3S. The summed E-state index contributed by atoms with van der Waals surface area (Å²) in [6.45, 7) is 0.0741. The molecule has 2 saturated carbocycles. The Labute approximate surface area is 160 Å². The van der Waals surface area contributed by atoms with E-state index in [0.29, 0.717) is 23.2 Å². The van der Waals surface area contributed by atoms with E-state index in [1.165, 1.54) is 6.42 Å². The standard InChI is InChI=1S/C19H26N4O3S/c1-23(19-15-7-2-3-8-16(15)27(25,26)22-19)11-17(24)21-18-12-5-4-6-13(18)10-14(20)9-12/h2-3,7-8,12-14,18H,4-6,9-11,20H2,1H3,(H,21,24). The summed E-state index contributed by atoms with van der Waals surface area (Å²) in [5.41, 5.74) is 6.71. The fraction of sp³-hybridized carbons (Fsp3) is 0.579. The van der Waals surface area contributed by atoms with Crippen LogP contribution in [0.15, 0.2) is 33.6 Å². The van der Waals surface area contributed by atoms with E-state index in [0.717, 1.165) is 25.7 Å². The predicted molar refractivity (Wildman–Crippen MR) is 103 cm³/mol. The van der Waals surface area contributed by atoms with Gasteiger partial charge >= 0.3 is 0 Å². The molecule has 0 saturated heterocycles. The first-order valence-electron chi connectivity index (χ1n) is 9.55. The highest BCUT2D eigenvalue weighted by Gasteiger charge is 2.40. The Hall–Kier alpha value is -1.93. The monoisotopic (exact) mass is 390 g/mol. The molecule has 4 rings (SSSR count). The quantitative estimate of drug-likeness (QED) is 0.804. The number of fused-ring (bicyclic) bond motifs is 3. The number of hydrogen-bond acceptors (Lipinski definition) is 5. The van der Waals surface area contributed by atoms with Crippen LogP contribution >= 0.6 is 0 Å². The second kappa shape index (κ2) is 6.91. The highest BCUT2D eigenvalue weighted by molar-refractivity contribution is 7.90. The Morgan fingerprint density at radius 2 is 1.93 bits per heavy atom. The minimum atomic E-state index is -3.68. The summed E-state index contributed by atoms with van der Waals surface area (Å²) in [5, 5.41) is 3.20. The Balaban J connectivity index is 1.45. The lowest BCUT2D eigenvalue weighted by Gasteiger charge is -2.45. The number of sulfonamides is 1. The highest BCUT2D eigenvalue weighted by atomic mass is 32.2. The molecular weight excluding hydrogens is 364 g/mol. The summed E-state index contributed by atoms with van der Waals surface area (Å²) >= 11 is 0. The maximum Gasteiger partial charge on any atom is 0.285 e. The number of nitrogens with one attached hydrogen (secondary N) is 1. The van der Waals surface area contributed by atoms with Gasteiger partial charge in [0.05, 0.1) is 6.54 Å². The first-order valence-corrected chi connectivity index (χ1v) is 11.0. The summed E-state index contributed by atoms with van der Waals surface area (Å²) in [6.07, 6.45) is 5.37. The normalized spacial score (nSPS) is 31.0. The van der Waals surface area contributed by atoms with E-state index in [2.05, 4.69) is 9.71 Å². The van der Waals surface area contributed by atoms with E-state index in [-0.39, 0.29) is 29.4 Å². The topological polar surface area (TPSA) is 105 Å². The van der Waals surface area contributed by atoms with Crippen molar-refractivity contribution in [3.8, 4) is 0 Å². The Morgan fingerprint density at radius 1 is 1.26 bits per heavy atom. The van der Waals surface area contributed by atoms with Gasteiger partial charge in [0.15, 0.2) is 5.84 Å². The number of nitrogens with zero attached hydrogens (tertiary/aromatic N) is 2. The molecule has 2 atom stereocenters. The average molecular weight is 391 g/mol. The zero-order valence-electron chi connectivity index (χ0n) is 15.5. The van der Waals surface area contributed by atoms with E-state index in [1.54, 1.807) is 36.2 Å². The minimum absolute atomic E-state index is 0.0741. The fourth-order valence-electron chi connectivity index (χ4n) is 4.91. The summed E-state index contributed by atoms with van der Waals surface area (Å²) in [6, 6.07) is 7.14. The van der Waals surface area contributed by atoms with Crippen molar-refractivity contribution in [1.82, 2.24) is 10.2 Å². The zero-order chi connectivity index (χ0) is 19.2. The molecule has 27 heavy (non-hydrogen) atoms. The van der Waals surface area contributed by atoms with Crippen LogP contribution in [-0.2, 0) is 14.8 Å². The smallest absolute Gasteiger partial charge is 0.285 e. The molecule has 7 nitrogen and oxygen atoms in total. The predicted octanol–water partition coefficient (Wildman–Crippen LogP) is 1.09. The third kappa shape index (κ3) is 3.48. The average Bonchev–Trinajstić information content (AvgIpc) is 2.88. The van der Waals surface area contributed by atoms with E-state index >= 15 is 0 Å². The van der Waals surface area contributed by atoms with Gasteiger partial charge in [-0.3, -0.25) is 4.79 Å². The molecule has 8 heteroatoms. The third-order valence-corrected chi connectivity index (χ3v) is 7.38. The van der Waals surface area contributed by atoms with Crippen LogP contribution in [-0.4, -0.2) is 50.7 Å². The number of rotatable bonds is 3. The first kappa shape index (κ1) is 18.4. The Bertz CT molecular complexity index is 869.